The van der Waals surface area contributed by atoms with Crippen LogP contribution in [0.25, 0.3) is 0 Å². The van der Waals surface area contributed by atoms with Crippen LogP contribution >= 0.6 is 23.2 Å². The second-order valence-electron chi connectivity index (χ2n) is 4.70. The SMILES string of the molecule is [O-][N+](=Nc1ccc(Cl)c(C(F)(F)F)c1)c1ccc(Cl)c(C(F)(F)F)c1. The van der Waals surface area contributed by atoms with Crippen molar-refractivity contribution in [3.05, 3.63) is 62.8 Å². The van der Waals surface area contributed by atoms with E-state index < -0.39 is 44.9 Å². The van der Waals surface area contributed by atoms with Gasteiger partial charge in [0.1, 0.15) is 5.69 Å². The van der Waals surface area contributed by atoms with Crippen molar-refractivity contribution in [2.24, 2.45) is 5.11 Å². The molecule has 0 fully saturated rings. The van der Waals surface area contributed by atoms with Crippen LogP contribution in [0.3, 0.4) is 0 Å². The lowest BCUT2D eigenvalue weighted by Gasteiger charge is -2.10. The Morgan fingerprint density at radius 1 is 0.800 bits per heavy atom. The summed E-state index contributed by atoms with van der Waals surface area (Å²) in [6.07, 6.45) is -9.59. The molecule has 0 radical (unpaired) electrons. The highest BCUT2D eigenvalue weighted by atomic mass is 35.5. The molecule has 0 aliphatic heterocycles. The van der Waals surface area contributed by atoms with Gasteiger partial charge in [-0.05, 0) is 24.3 Å². The zero-order valence-corrected chi connectivity index (χ0v) is 13.3. The fourth-order valence-electron chi connectivity index (χ4n) is 1.80. The average molecular weight is 403 g/mol. The number of hydrogen-bond acceptors (Lipinski definition) is 2. The van der Waals surface area contributed by atoms with Crippen LogP contribution in [-0.2, 0) is 12.4 Å². The predicted octanol–water partition coefficient (Wildman–Crippen LogP) is 6.96. The molecule has 0 aliphatic carbocycles. The van der Waals surface area contributed by atoms with Crippen molar-refractivity contribution >= 4 is 34.6 Å². The Bertz CT molecular complexity index is 833. The first-order valence-electron chi connectivity index (χ1n) is 6.32. The van der Waals surface area contributed by atoms with Gasteiger partial charge in [-0.1, -0.05) is 28.1 Å². The monoisotopic (exact) mass is 402 g/mol. The van der Waals surface area contributed by atoms with Gasteiger partial charge in [-0.25, -0.2) is 0 Å². The molecule has 2 aromatic carbocycles. The minimum absolute atomic E-state index is 0.241. The van der Waals surface area contributed by atoms with Crippen molar-refractivity contribution in [3.63, 3.8) is 0 Å². The Morgan fingerprint density at radius 2 is 1.28 bits per heavy atom. The second kappa shape index (κ2) is 6.72. The normalized spacial score (nSPS) is 13.2. The lowest BCUT2D eigenvalue weighted by Crippen LogP contribution is -2.07. The van der Waals surface area contributed by atoms with Crippen LogP contribution in [0.2, 0.25) is 10.0 Å². The summed E-state index contributed by atoms with van der Waals surface area (Å²) in [6.45, 7) is 0. The number of hydrogen-bond donors (Lipinski definition) is 0. The van der Waals surface area contributed by atoms with Crippen LogP contribution in [0.4, 0.5) is 37.7 Å². The smallest absolute Gasteiger partial charge is 0.418 e. The molecule has 0 atom stereocenters. The second-order valence-corrected chi connectivity index (χ2v) is 5.51. The van der Waals surface area contributed by atoms with E-state index in [1.54, 1.807) is 0 Å². The highest BCUT2D eigenvalue weighted by molar-refractivity contribution is 6.31. The van der Waals surface area contributed by atoms with Crippen molar-refractivity contribution in [2.45, 2.75) is 12.4 Å². The predicted molar refractivity (Wildman–Crippen MR) is 78.3 cm³/mol. The van der Waals surface area contributed by atoms with Crippen LogP contribution in [0, 0.1) is 5.21 Å². The number of alkyl halides is 6. The molecule has 25 heavy (non-hydrogen) atoms. The third-order valence-corrected chi connectivity index (χ3v) is 3.60. The lowest BCUT2D eigenvalue weighted by atomic mass is 10.2. The molecule has 3 nitrogen and oxygen atoms in total. The van der Waals surface area contributed by atoms with Crippen LogP contribution < -0.4 is 0 Å². The molecule has 0 aliphatic rings. The summed E-state index contributed by atoms with van der Waals surface area (Å²) in [5, 5.41) is 14.0. The van der Waals surface area contributed by atoms with Crippen molar-refractivity contribution in [3.8, 4) is 0 Å². The van der Waals surface area contributed by atoms with E-state index in [1.807, 2.05) is 0 Å². The molecule has 11 heteroatoms. The van der Waals surface area contributed by atoms with E-state index in [0.29, 0.717) is 12.1 Å². The lowest BCUT2D eigenvalue weighted by molar-refractivity contribution is -0.435. The van der Waals surface area contributed by atoms with Crippen LogP contribution in [0.1, 0.15) is 11.1 Å². The third-order valence-electron chi connectivity index (χ3n) is 2.94. The van der Waals surface area contributed by atoms with E-state index in [0.717, 1.165) is 24.3 Å². The van der Waals surface area contributed by atoms with E-state index in [-0.39, 0.29) is 4.86 Å². The van der Waals surface area contributed by atoms with E-state index in [2.05, 4.69) is 5.11 Å². The number of azo groups is 1. The van der Waals surface area contributed by atoms with Crippen molar-refractivity contribution in [1.29, 1.82) is 0 Å². The van der Waals surface area contributed by atoms with Crippen molar-refractivity contribution in [2.75, 3.05) is 0 Å². The first kappa shape index (κ1) is 19.3. The Kier molecular flexibility index (Phi) is 5.19. The van der Waals surface area contributed by atoms with Gasteiger partial charge >= 0.3 is 12.4 Å². The summed E-state index contributed by atoms with van der Waals surface area (Å²) in [4.78, 5) is -0.241. The molecule has 0 unspecified atom stereocenters. The molecule has 0 aromatic heterocycles. The molecule has 0 saturated carbocycles. The fourth-order valence-corrected chi connectivity index (χ4v) is 2.25. The van der Waals surface area contributed by atoms with Gasteiger partial charge in [0, 0.05) is 17.2 Å². The van der Waals surface area contributed by atoms with Crippen molar-refractivity contribution in [1.82, 2.24) is 0 Å². The quantitative estimate of drug-likeness (QED) is 0.231. The minimum atomic E-state index is -4.81. The van der Waals surface area contributed by atoms with Crippen molar-refractivity contribution < 1.29 is 31.2 Å². The van der Waals surface area contributed by atoms with Gasteiger partial charge in [-0.3, -0.25) is 0 Å². The van der Waals surface area contributed by atoms with Gasteiger partial charge in [0.2, 0.25) is 5.69 Å². The Hall–Kier alpha value is -2.00. The first-order chi connectivity index (χ1) is 11.4. The molecule has 134 valence electrons. The zero-order valence-electron chi connectivity index (χ0n) is 11.8. The maximum Gasteiger partial charge on any atom is 0.418 e. The Labute approximate surface area is 146 Å². The minimum Gasteiger partial charge on any atom is -0.594 e. The number of nitrogens with zero attached hydrogens (tertiary/aromatic N) is 2. The van der Waals surface area contributed by atoms with Crippen LogP contribution in [0.5, 0.6) is 0 Å². The van der Waals surface area contributed by atoms with Gasteiger partial charge < -0.3 is 5.21 Å². The highest BCUT2D eigenvalue weighted by Crippen LogP contribution is 2.38. The summed E-state index contributed by atoms with van der Waals surface area (Å²) in [5.41, 5.74) is -3.49. The Morgan fingerprint density at radius 3 is 1.80 bits per heavy atom. The average Bonchev–Trinajstić information content (AvgIpc) is 2.47. The van der Waals surface area contributed by atoms with Gasteiger partial charge in [-0.2, -0.15) is 26.3 Å². The number of halogens is 8. The molecule has 0 N–H and O–H groups in total. The molecular formula is C14H6Cl2F6N2O. The molecule has 2 aromatic rings. The molecule has 0 heterocycles. The summed E-state index contributed by atoms with van der Waals surface area (Å²) < 4.78 is 76.6. The number of benzene rings is 2. The maximum atomic E-state index is 12.8. The van der Waals surface area contributed by atoms with Crippen LogP contribution in [0.15, 0.2) is 41.5 Å². The topological polar surface area (TPSA) is 38.4 Å². The van der Waals surface area contributed by atoms with Gasteiger partial charge in [0.25, 0.3) is 0 Å². The first-order valence-corrected chi connectivity index (χ1v) is 7.07. The Balaban J connectivity index is 2.46. The molecule has 0 bridgehead atoms. The van der Waals surface area contributed by atoms with E-state index in [4.69, 9.17) is 23.2 Å². The zero-order chi connectivity index (χ0) is 19.0. The fraction of sp³-hybridized carbons (Fsp3) is 0.143. The summed E-state index contributed by atoms with van der Waals surface area (Å²) in [5.74, 6) is 0. The van der Waals surface area contributed by atoms with Gasteiger partial charge in [0.05, 0.1) is 21.2 Å². The van der Waals surface area contributed by atoms with Crippen LogP contribution in [-0.4, -0.2) is 4.86 Å². The maximum absolute atomic E-state index is 12.8. The number of rotatable bonds is 2. The third kappa shape index (κ3) is 4.55. The summed E-state index contributed by atoms with van der Waals surface area (Å²) in [7, 11) is 0. The summed E-state index contributed by atoms with van der Waals surface area (Å²) in [6, 6.07) is 4.63. The summed E-state index contributed by atoms with van der Waals surface area (Å²) >= 11 is 10.9. The molecular weight excluding hydrogens is 397 g/mol. The van der Waals surface area contributed by atoms with E-state index in [9.17, 15) is 31.5 Å². The molecule has 0 saturated heterocycles. The van der Waals surface area contributed by atoms with Gasteiger partial charge in [-0.15, -0.1) is 0 Å². The molecule has 0 spiro atoms. The highest BCUT2D eigenvalue weighted by Gasteiger charge is 2.35. The standard InChI is InChI=1S/C14H6Cl2F6N2O/c15-11-3-1-7(5-9(11)13(17,18)19)23-24(25)8-2-4-12(16)10(6-8)14(20,21)22/h1-6H. The molecule has 2 rings (SSSR count). The van der Waals surface area contributed by atoms with Gasteiger partial charge in [0.15, 0.2) is 0 Å². The van der Waals surface area contributed by atoms with E-state index >= 15 is 0 Å². The van der Waals surface area contributed by atoms with E-state index in [1.165, 1.54) is 0 Å². The largest absolute Gasteiger partial charge is 0.594 e. The molecule has 0 amide bonds.